The minimum atomic E-state index is 0.0128. The van der Waals surface area contributed by atoms with Gasteiger partial charge >= 0.3 is 0 Å². The fourth-order valence-electron chi connectivity index (χ4n) is 2.00. The average Bonchev–Trinajstić information content (AvgIpc) is 2.51. The van der Waals surface area contributed by atoms with Crippen LogP contribution >= 0.6 is 0 Å². The quantitative estimate of drug-likeness (QED) is 0.723. The van der Waals surface area contributed by atoms with Gasteiger partial charge in [0.05, 0.1) is 14.2 Å². The maximum absolute atomic E-state index is 12.1. The Bertz CT molecular complexity index is 509. The first-order valence-electron chi connectivity index (χ1n) is 7.19. The summed E-state index contributed by atoms with van der Waals surface area (Å²) in [6, 6.07) is 5.58. The molecule has 0 radical (unpaired) electrons. The summed E-state index contributed by atoms with van der Waals surface area (Å²) in [5.41, 5.74) is 1.78. The van der Waals surface area contributed by atoms with Gasteiger partial charge in [0.25, 0.3) is 0 Å². The van der Waals surface area contributed by atoms with Gasteiger partial charge in [-0.2, -0.15) is 0 Å². The first kappa shape index (κ1) is 17.1. The highest BCUT2D eigenvalue weighted by molar-refractivity contribution is 5.95. The number of nitrogens with zero attached hydrogens (tertiary/aromatic N) is 1. The molecule has 1 amide bonds. The van der Waals surface area contributed by atoms with Crippen molar-refractivity contribution < 1.29 is 14.3 Å². The molecular formula is C17H25NO3. The summed E-state index contributed by atoms with van der Waals surface area (Å²) in [4.78, 5) is 13.9. The molecule has 0 fully saturated rings. The number of amides is 1. The Morgan fingerprint density at radius 1 is 1.29 bits per heavy atom. The molecule has 0 heterocycles. The number of likely N-dealkylation sites (N-methyl/N-ethyl adjacent to an activating group) is 1. The van der Waals surface area contributed by atoms with E-state index in [0.717, 1.165) is 36.3 Å². The number of hydrogen-bond acceptors (Lipinski definition) is 3. The number of ether oxygens (including phenoxy) is 2. The van der Waals surface area contributed by atoms with E-state index in [2.05, 4.69) is 6.92 Å². The van der Waals surface area contributed by atoms with Crippen LogP contribution in [0.3, 0.4) is 0 Å². The zero-order chi connectivity index (χ0) is 15.8. The minimum Gasteiger partial charge on any atom is -0.497 e. The van der Waals surface area contributed by atoms with Gasteiger partial charge < -0.3 is 14.4 Å². The molecule has 0 aliphatic carbocycles. The second kappa shape index (κ2) is 8.35. The van der Waals surface area contributed by atoms with Crippen LogP contribution in [0, 0.1) is 0 Å². The van der Waals surface area contributed by atoms with Crippen LogP contribution in [-0.2, 0) is 4.79 Å². The Hall–Kier alpha value is -1.97. The molecule has 0 atom stereocenters. The summed E-state index contributed by atoms with van der Waals surface area (Å²) < 4.78 is 10.6. The van der Waals surface area contributed by atoms with E-state index >= 15 is 0 Å². The normalized spacial score (nSPS) is 11.2. The molecule has 0 N–H and O–H groups in total. The molecule has 1 aromatic rings. The van der Waals surface area contributed by atoms with Gasteiger partial charge in [0.1, 0.15) is 11.5 Å². The van der Waals surface area contributed by atoms with E-state index in [0.29, 0.717) is 5.75 Å². The number of unbranched alkanes of at least 4 members (excludes halogenated alkanes) is 1. The molecule has 1 aromatic carbocycles. The van der Waals surface area contributed by atoms with Gasteiger partial charge in [-0.05, 0) is 31.1 Å². The Kier molecular flexibility index (Phi) is 6.79. The number of allylic oxidation sites excluding steroid dienone is 1. The summed E-state index contributed by atoms with van der Waals surface area (Å²) in [6.07, 6.45) is 3.74. The van der Waals surface area contributed by atoms with E-state index in [1.165, 1.54) is 0 Å². The predicted molar refractivity (Wildman–Crippen MR) is 85.7 cm³/mol. The number of carbonyl (C=O) groups is 1. The lowest BCUT2D eigenvalue weighted by Crippen LogP contribution is -2.25. The standard InChI is InChI=1S/C17H25NO3/c1-6-7-10-18(3)17(19)11-13(2)15-9-8-14(20-4)12-16(15)21-5/h8-9,11-12H,6-7,10H2,1-5H3/b13-11+. The largest absolute Gasteiger partial charge is 0.497 e. The van der Waals surface area contributed by atoms with Crippen molar-refractivity contribution >= 4 is 11.5 Å². The molecule has 0 aliphatic rings. The average molecular weight is 291 g/mol. The van der Waals surface area contributed by atoms with Crippen molar-refractivity contribution in [1.82, 2.24) is 4.90 Å². The Morgan fingerprint density at radius 3 is 2.57 bits per heavy atom. The van der Waals surface area contributed by atoms with Gasteiger partial charge in [0, 0.05) is 31.3 Å². The third-order valence-corrected chi connectivity index (χ3v) is 3.40. The lowest BCUT2D eigenvalue weighted by Gasteiger charge is -2.16. The minimum absolute atomic E-state index is 0.0128. The fraction of sp³-hybridized carbons (Fsp3) is 0.471. The zero-order valence-electron chi connectivity index (χ0n) is 13.6. The Balaban J connectivity index is 2.94. The molecule has 0 unspecified atom stereocenters. The van der Waals surface area contributed by atoms with E-state index in [1.807, 2.05) is 32.2 Å². The smallest absolute Gasteiger partial charge is 0.246 e. The maximum atomic E-state index is 12.1. The highest BCUT2D eigenvalue weighted by atomic mass is 16.5. The molecule has 0 saturated heterocycles. The van der Waals surface area contributed by atoms with Crippen LogP contribution in [0.1, 0.15) is 32.3 Å². The van der Waals surface area contributed by atoms with Crippen molar-refractivity contribution in [3.63, 3.8) is 0 Å². The number of benzene rings is 1. The van der Waals surface area contributed by atoms with Gasteiger partial charge in [-0.15, -0.1) is 0 Å². The van der Waals surface area contributed by atoms with Crippen LogP contribution in [0.5, 0.6) is 11.5 Å². The van der Waals surface area contributed by atoms with E-state index in [-0.39, 0.29) is 5.91 Å². The van der Waals surface area contributed by atoms with Crippen molar-refractivity contribution in [2.75, 3.05) is 27.8 Å². The van der Waals surface area contributed by atoms with Gasteiger partial charge in [-0.1, -0.05) is 13.3 Å². The predicted octanol–water partition coefficient (Wildman–Crippen LogP) is 3.37. The monoisotopic (exact) mass is 291 g/mol. The topological polar surface area (TPSA) is 38.8 Å². The number of carbonyl (C=O) groups excluding carboxylic acids is 1. The van der Waals surface area contributed by atoms with Crippen LogP contribution in [0.4, 0.5) is 0 Å². The second-order valence-electron chi connectivity index (χ2n) is 5.01. The molecule has 0 saturated carbocycles. The molecule has 0 bridgehead atoms. The first-order chi connectivity index (χ1) is 10.0. The van der Waals surface area contributed by atoms with Crippen molar-refractivity contribution in [2.45, 2.75) is 26.7 Å². The Morgan fingerprint density at radius 2 is 2.00 bits per heavy atom. The van der Waals surface area contributed by atoms with Crippen molar-refractivity contribution in [2.24, 2.45) is 0 Å². The van der Waals surface area contributed by atoms with Crippen LogP contribution in [0.15, 0.2) is 24.3 Å². The lowest BCUT2D eigenvalue weighted by molar-refractivity contribution is -0.124. The fourth-order valence-corrected chi connectivity index (χ4v) is 2.00. The second-order valence-corrected chi connectivity index (χ2v) is 5.01. The molecular weight excluding hydrogens is 266 g/mol. The molecule has 4 nitrogen and oxygen atoms in total. The zero-order valence-corrected chi connectivity index (χ0v) is 13.6. The van der Waals surface area contributed by atoms with Gasteiger partial charge in [0.15, 0.2) is 0 Å². The molecule has 4 heteroatoms. The van der Waals surface area contributed by atoms with E-state index in [4.69, 9.17) is 9.47 Å². The number of rotatable bonds is 7. The van der Waals surface area contributed by atoms with Crippen LogP contribution in [-0.4, -0.2) is 38.6 Å². The van der Waals surface area contributed by atoms with Crippen LogP contribution in [0.25, 0.3) is 5.57 Å². The van der Waals surface area contributed by atoms with Crippen LogP contribution < -0.4 is 9.47 Å². The van der Waals surface area contributed by atoms with Crippen molar-refractivity contribution in [3.05, 3.63) is 29.8 Å². The van der Waals surface area contributed by atoms with Crippen molar-refractivity contribution in [1.29, 1.82) is 0 Å². The summed E-state index contributed by atoms with van der Waals surface area (Å²) >= 11 is 0. The lowest BCUT2D eigenvalue weighted by atomic mass is 10.1. The van der Waals surface area contributed by atoms with Crippen LogP contribution in [0.2, 0.25) is 0 Å². The van der Waals surface area contributed by atoms with Gasteiger partial charge in [0.2, 0.25) is 5.91 Å². The summed E-state index contributed by atoms with van der Waals surface area (Å²) in [7, 11) is 5.05. The molecule has 1 rings (SSSR count). The maximum Gasteiger partial charge on any atom is 0.246 e. The number of hydrogen-bond donors (Lipinski definition) is 0. The molecule has 0 spiro atoms. The first-order valence-corrected chi connectivity index (χ1v) is 7.19. The summed E-state index contributed by atoms with van der Waals surface area (Å²) in [5.74, 6) is 1.45. The third kappa shape index (κ3) is 4.81. The number of methoxy groups -OCH3 is 2. The highest BCUT2D eigenvalue weighted by Gasteiger charge is 2.10. The third-order valence-electron chi connectivity index (χ3n) is 3.40. The van der Waals surface area contributed by atoms with Gasteiger partial charge in [-0.3, -0.25) is 4.79 Å². The Labute approximate surface area is 127 Å². The van der Waals surface area contributed by atoms with Gasteiger partial charge in [-0.25, -0.2) is 0 Å². The summed E-state index contributed by atoms with van der Waals surface area (Å²) in [6.45, 7) is 4.80. The SMILES string of the molecule is CCCCN(C)C(=O)/C=C(\C)c1ccc(OC)cc1OC. The van der Waals surface area contributed by atoms with Crippen molar-refractivity contribution in [3.8, 4) is 11.5 Å². The molecule has 0 aliphatic heterocycles. The van der Waals surface area contributed by atoms with E-state index in [1.54, 1.807) is 25.2 Å². The van der Waals surface area contributed by atoms with E-state index < -0.39 is 0 Å². The molecule has 21 heavy (non-hydrogen) atoms. The molecule has 116 valence electrons. The highest BCUT2D eigenvalue weighted by Crippen LogP contribution is 2.29. The van der Waals surface area contributed by atoms with E-state index in [9.17, 15) is 4.79 Å². The molecule has 0 aromatic heterocycles. The summed E-state index contributed by atoms with van der Waals surface area (Å²) in [5, 5.41) is 0.